The highest BCUT2D eigenvalue weighted by atomic mass is 16.4. The van der Waals surface area contributed by atoms with E-state index < -0.39 is 60.2 Å². The van der Waals surface area contributed by atoms with Crippen LogP contribution in [0.3, 0.4) is 0 Å². The van der Waals surface area contributed by atoms with Gasteiger partial charge in [0.1, 0.15) is 18.1 Å². The first-order valence-corrected chi connectivity index (χ1v) is 12.5. The van der Waals surface area contributed by atoms with Crippen molar-refractivity contribution in [2.24, 2.45) is 28.1 Å². The van der Waals surface area contributed by atoms with Crippen molar-refractivity contribution >= 4 is 35.6 Å². The first-order chi connectivity index (χ1) is 18.3. The molecular weight excluding hydrogens is 510 g/mol. The third-order valence-electron chi connectivity index (χ3n) is 5.78. The number of nitrogens with two attached hydrogens (primary N) is 3. The second kappa shape index (κ2) is 16.6. The van der Waals surface area contributed by atoms with Crippen molar-refractivity contribution in [3.05, 3.63) is 35.9 Å². The van der Waals surface area contributed by atoms with Crippen LogP contribution in [0.15, 0.2) is 35.3 Å². The van der Waals surface area contributed by atoms with E-state index in [0.29, 0.717) is 0 Å². The van der Waals surface area contributed by atoms with Crippen molar-refractivity contribution in [1.29, 1.82) is 0 Å². The lowest BCUT2D eigenvalue weighted by molar-refractivity contribution is -0.143. The summed E-state index contributed by atoms with van der Waals surface area (Å²) < 4.78 is 0. The van der Waals surface area contributed by atoms with Crippen LogP contribution in [0.5, 0.6) is 0 Å². The molecule has 14 heteroatoms. The van der Waals surface area contributed by atoms with Crippen LogP contribution in [0.2, 0.25) is 0 Å². The van der Waals surface area contributed by atoms with Crippen LogP contribution in [0, 0.1) is 5.92 Å². The van der Waals surface area contributed by atoms with Crippen molar-refractivity contribution in [2.45, 2.75) is 70.1 Å². The van der Waals surface area contributed by atoms with Gasteiger partial charge < -0.3 is 43.4 Å². The predicted molar refractivity (Wildman–Crippen MR) is 143 cm³/mol. The van der Waals surface area contributed by atoms with Gasteiger partial charge in [0, 0.05) is 19.4 Å². The van der Waals surface area contributed by atoms with Crippen molar-refractivity contribution in [3.8, 4) is 0 Å². The number of benzene rings is 1. The molecule has 0 saturated heterocycles. The Balaban J connectivity index is 3.15. The molecule has 0 saturated carbocycles. The molecular formula is C25H39N7O7. The monoisotopic (exact) mass is 549 g/mol. The van der Waals surface area contributed by atoms with E-state index in [1.54, 1.807) is 44.2 Å². The minimum absolute atomic E-state index is 0.0249. The fourth-order valence-electron chi connectivity index (χ4n) is 3.47. The van der Waals surface area contributed by atoms with Crippen LogP contribution in [-0.2, 0) is 30.4 Å². The third-order valence-corrected chi connectivity index (χ3v) is 5.78. The van der Waals surface area contributed by atoms with E-state index in [1.807, 2.05) is 0 Å². The highest BCUT2D eigenvalue weighted by Crippen LogP contribution is 2.08. The Kier molecular flexibility index (Phi) is 14.0. The van der Waals surface area contributed by atoms with E-state index in [2.05, 4.69) is 20.9 Å². The summed E-state index contributed by atoms with van der Waals surface area (Å²) in [6.45, 7) is 3.66. The number of guanidine groups is 1. The predicted octanol–water partition coefficient (Wildman–Crippen LogP) is -1.33. The largest absolute Gasteiger partial charge is 0.481 e. The zero-order chi connectivity index (χ0) is 29.5. The van der Waals surface area contributed by atoms with Gasteiger partial charge in [0.25, 0.3) is 0 Å². The number of nitrogens with zero attached hydrogens (tertiary/aromatic N) is 1. The van der Waals surface area contributed by atoms with Crippen molar-refractivity contribution in [1.82, 2.24) is 16.0 Å². The number of amides is 3. The van der Waals surface area contributed by atoms with E-state index >= 15 is 0 Å². The first-order valence-electron chi connectivity index (χ1n) is 12.5. The highest BCUT2D eigenvalue weighted by molar-refractivity contribution is 5.94. The number of rotatable bonds is 17. The van der Waals surface area contributed by atoms with E-state index in [4.69, 9.17) is 22.3 Å². The van der Waals surface area contributed by atoms with Gasteiger partial charge in [0.2, 0.25) is 17.7 Å². The summed E-state index contributed by atoms with van der Waals surface area (Å²) >= 11 is 0. The van der Waals surface area contributed by atoms with Crippen LogP contribution >= 0.6 is 0 Å². The molecule has 1 rings (SSSR count). The summed E-state index contributed by atoms with van der Waals surface area (Å²) in [6.07, 6.45) is -0.471. The van der Waals surface area contributed by atoms with Crippen molar-refractivity contribution < 1.29 is 34.2 Å². The molecule has 0 heterocycles. The Morgan fingerprint density at radius 2 is 1.41 bits per heavy atom. The SMILES string of the molecule is CC(C)C(N)C(=O)NC(Cc1ccccc1)C(=O)NC(CCCN=C(N)N)C(=O)NC(CCC(=O)O)C(=O)O. The molecule has 39 heavy (non-hydrogen) atoms. The number of hydrogen-bond donors (Lipinski definition) is 8. The van der Waals surface area contributed by atoms with Crippen LogP contribution in [0.25, 0.3) is 0 Å². The number of carbonyl (C=O) groups excluding carboxylic acids is 3. The molecule has 0 spiro atoms. The van der Waals surface area contributed by atoms with E-state index in [-0.39, 0.29) is 44.1 Å². The first kappa shape index (κ1) is 32.8. The Labute approximate surface area is 226 Å². The normalized spacial score (nSPS) is 13.8. The van der Waals surface area contributed by atoms with Crippen molar-refractivity contribution in [3.63, 3.8) is 0 Å². The maximum absolute atomic E-state index is 13.4. The summed E-state index contributed by atoms with van der Waals surface area (Å²) in [7, 11) is 0. The van der Waals surface area contributed by atoms with Crippen molar-refractivity contribution in [2.75, 3.05) is 6.54 Å². The molecule has 1 aromatic rings. The van der Waals surface area contributed by atoms with Crippen LogP contribution < -0.4 is 33.2 Å². The third kappa shape index (κ3) is 12.7. The molecule has 1 aromatic carbocycles. The van der Waals surface area contributed by atoms with Gasteiger partial charge in [-0.3, -0.25) is 24.2 Å². The molecule has 0 aliphatic rings. The second-order valence-corrected chi connectivity index (χ2v) is 9.36. The molecule has 0 aromatic heterocycles. The topological polar surface area (TPSA) is 252 Å². The zero-order valence-electron chi connectivity index (χ0n) is 22.1. The minimum Gasteiger partial charge on any atom is -0.481 e. The molecule has 0 fully saturated rings. The Bertz CT molecular complexity index is 1010. The van der Waals surface area contributed by atoms with Gasteiger partial charge in [0.15, 0.2) is 5.96 Å². The number of aliphatic imine (C=N–C) groups is 1. The fourth-order valence-corrected chi connectivity index (χ4v) is 3.47. The number of carbonyl (C=O) groups is 5. The fraction of sp³-hybridized carbons (Fsp3) is 0.520. The molecule has 3 amide bonds. The lowest BCUT2D eigenvalue weighted by Crippen LogP contribution is -2.58. The van der Waals surface area contributed by atoms with Gasteiger partial charge in [-0.2, -0.15) is 0 Å². The molecule has 11 N–H and O–H groups in total. The lowest BCUT2D eigenvalue weighted by atomic mass is 10.0. The minimum atomic E-state index is -1.49. The van der Waals surface area contributed by atoms with Crippen LogP contribution in [-0.4, -0.2) is 76.5 Å². The summed E-state index contributed by atoms with van der Waals surface area (Å²) in [5, 5.41) is 25.8. The molecule has 14 nitrogen and oxygen atoms in total. The maximum Gasteiger partial charge on any atom is 0.326 e. The second-order valence-electron chi connectivity index (χ2n) is 9.36. The smallest absolute Gasteiger partial charge is 0.326 e. The zero-order valence-corrected chi connectivity index (χ0v) is 22.1. The van der Waals surface area contributed by atoms with Gasteiger partial charge in [-0.15, -0.1) is 0 Å². The number of aliphatic carboxylic acids is 2. The summed E-state index contributed by atoms with van der Waals surface area (Å²) in [5.74, 6) is -5.08. The van der Waals surface area contributed by atoms with E-state index in [9.17, 15) is 29.1 Å². The molecule has 216 valence electrons. The number of carboxylic acid groups (broad SMARTS) is 2. The molecule has 0 bridgehead atoms. The Hall–Kier alpha value is -4.20. The average Bonchev–Trinajstić information content (AvgIpc) is 2.87. The Morgan fingerprint density at radius 1 is 0.846 bits per heavy atom. The van der Waals surface area contributed by atoms with Gasteiger partial charge in [-0.25, -0.2) is 4.79 Å². The summed E-state index contributed by atoms with van der Waals surface area (Å²) in [6, 6.07) is 4.19. The summed E-state index contributed by atoms with van der Waals surface area (Å²) in [4.78, 5) is 65.4. The molecule has 0 radical (unpaired) electrons. The molecule has 0 aliphatic carbocycles. The molecule has 0 aliphatic heterocycles. The van der Waals surface area contributed by atoms with Gasteiger partial charge >= 0.3 is 11.9 Å². The lowest BCUT2D eigenvalue weighted by Gasteiger charge is -2.26. The molecule has 4 unspecified atom stereocenters. The quantitative estimate of drug-likeness (QED) is 0.0645. The van der Waals surface area contributed by atoms with Crippen LogP contribution in [0.4, 0.5) is 0 Å². The number of hydrogen-bond acceptors (Lipinski definition) is 7. The Morgan fingerprint density at radius 3 is 1.95 bits per heavy atom. The van der Waals surface area contributed by atoms with Gasteiger partial charge in [-0.1, -0.05) is 44.2 Å². The number of carboxylic acids is 2. The highest BCUT2D eigenvalue weighted by Gasteiger charge is 2.31. The van der Waals surface area contributed by atoms with Crippen LogP contribution in [0.1, 0.15) is 45.1 Å². The molecule has 4 atom stereocenters. The summed E-state index contributed by atoms with van der Waals surface area (Å²) in [5.41, 5.74) is 17.3. The standard InChI is InChI=1S/C25H39N7O7/c1-14(2)20(26)23(37)32-18(13-15-7-4-3-5-8-15)22(36)30-16(9-6-12-29-25(27)28)21(35)31-17(24(38)39)10-11-19(33)34/h3-5,7-8,14,16-18,20H,6,9-13,26H2,1-2H3,(H,30,36)(H,31,35)(H,32,37)(H,33,34)(H,38,39)(H4,27,28,29). The van der Waals surface area contributed by atoms with Gasteiger partial charge in [-0.05, 0) is 30.7 Å². The van der Waals surface area contributed by atoms with Gasteiger partial charge in [0.05, 0.1) is 6.04 Å². The average molecular weight is 550 g/mol. The number of nitrogens with one attached hydrogen (secondary N) is 3. The van der Waals surface area contributed by atoms with E-state index in [0.717, 1.165) is 5.56 Å². The van der Waals surface area contributed by atoms with E-state index in [1.165, 1.54) is 0 Å². The maximum atomic E-state index is 13.4.